The van der Waals surface area contributed by atoms with E-state index in [1.165, 1.54) is 101 Å². The predicted octanol–water partition coefficient (Wildman–Crippen LogP) is 9.76. The van der Waals surface area contributed by atoms with Crippen molar-refractivity contribution in [1.82, 2.24) is 10.6 Å². The summed E-state index contributed by atoms with van der Waals surface area (Å²) in [5.74, 6) is 0. The van der Waals surface area contributed by atoms with E-state index in [0.717, 1.165) is 26.1 Å². The highest BCUT2D eigenvalue weighted by Gasteiger charge is 1.96. The van der Waals surface area contributed by atoms with E-state index >= 15 is 0 Å². The molecule has 0 aliphatic carbocycles. The van der Waals surface area contributed by atoms with Crippen LogP contribution in [0.5, 0.6) is 0 Å². The Balaban J connectivity index is 0. The Labute approximate surface area is 219 Å². The molecule has 2 nitrogen and oxygen atoms in total. The van der Waals surface area contributed by atoms with Crippen molar-refractivity contribution in [2.24, 2.45) is 0 Å². The second-order valence-corrected chi connectivity index (χ2v) is 9.09. The normalized spacial score (nSPS) is 10.4. The second-order valence-electron chi connectivity index (χ2n) is 9.09. The highest BCUT2D eigenvalue weighted by molar-refractivity contribution is 5.85. The van der Waals surface area contributed by atoms with Crippen molar-refractivity contribution in [1.29, 1.82) is 0 Å². The van der Waals surface area contributed by atoms with Crippen LogP contribution in [0.15, 0.2) is 54.8 Å². The van der Waals surface area contributed by atoms with Crippen LogP contribution in [0, 0.1) is 0 Å². The smallest absolute Gasteiger partial charge is 0.0397 e. The van der Waals surface area contributed by atoms with E-state index in [-0.39, 0.29) is 12.4 Å². The van der Waals surface area contributed by atoms with Crippen LogP contribution in [0.25, 0.3) is 0 Å². The Hall–Kier alpha value is -1.25. The molecule has 2 N–H and O–H groups in total. The average molecular weight is 493 g/mol. The summed E-state index contributed by atoms with van der Waals surface area (Å²) in [6.45, 7) is 13.7. The van der Waals surface area contributed by atoms with Crippen molar-refractivity contribution >= 4 is 12.4 Å². The molecule has 0 saturated heterocycles. The topological polar surface area (TPSA) is 24.1 Å². The van der Waals surface area contributed by atoms with E-state index in [4.69, 9.17) is 0 Å². The second kappa shape index (κ2) is 29.8. The van der Waals surface area contributed by atoms with Gasteiger partial charge in [-0.05, 0) is 57.2 Å². The van der Waals surface area contributed by atoms with Crippen LogP contribution in [0.4, 0.5) is 0 Å². The molecule has 0 amide bonds. The van der Waals surface area contributed by atoms with Crippen LogP contribution >= 0.6 is 12.4 Å². The van der Waals surface area contributed by atoms with Gasteiger partial charge in [0.1, 0.15) is 0 Å². The summed E-state index contributed by atoms with van der Waals surface area (Å²) in [5, 5.41) is 6.56. The van der Waals surface area contributed by atoms with Crippen molar-refractivity contribution < 1.29 is 0 Å². The Morgan fingerprint density at radius 3 is 1.71 bits per heavy atom. The molecule has 0 aliphatic rings. The first-order valence-corrected chi connectivity index (χ1v) is 14.1. The van der Waals surface area contributed by atoms with Gasteiger partial charge in [0.05, 0.1) is 0 Å². The molecule has 1 rings (SSSR count). The summed E-state index contributed by atoms with van der Waals surface area (Å²) in [5.41, 5.74) is 2.50. The third kappa shape index (κ3) is 27.0. The molecular formula is C31H57ClN2. The summed E-state index contributed by atoms with van der Waals surface area (Å²) in [7, 11) is 0. The van der Waals surface area contributed by atoms with Gasteiger partial charge < -0.3 is 10.6 Å². The van der Waals surface area contributed by atoms with Crippen molar-refractivity contribution in [3.63, 3.8) is 0 Å². The van der Waals surface area contributed by atoms with E-state index in [0.29, 0.717) is 0 Å². The van der Waals surface area contributed by atoms with E-state index < -0.39 is 0 Å². The fourth-order valence-corrected chi connectivity index (χ4v) is 3.75. The quantitative estimate of drug-likeness (QED) is 0.132. The van der Waals surface area contributed by atoms with Crippen molar-refractivity contribution in [2.75, 3.05) is 13.1 Å². The van der Waals surface area contributed by atoms with Gasteiger partial charge in [0.15, 0.2) is 0 Å². The average Bonchev–Trinajstić information content (AvgIpc) is 2.84. The zero-order valence-electron chi connectivity index (χ0n) is 22.9. The third-order valence-electron chi connectivity index (χ3n) is 5.88. The van der Waals surface area contributed by atoms with Crippen LogP contribution in [0.2, 0.25) is 0 Å². The minimum Gasteiger partial charge on any atom is -0.385 e. The minimum atomic E-state index is 0. The maximum absolute atomic E-state index is 4.16. The lowest BCUT2D eigenvalue weighted by Gasteiger charge is -2.09. The zero-order chi connectivity index (χ0) is 24.2. The molecule has 0 saturated carbocycles. The highest BCUT2D eigenvalue weighted by Crippen LogP contribution is 2.12. The summed E-state index contributed by atoms with van der Waals surface area (Å²) in [4.78, 5) is 0. The molecule has 0 aliphatic heterocycles. The molecule has 0 fully saturated rings. The lowest BCUT2D eigenvalue weighted by Crippen LogP contribution is -2.11. The van der Waals surface area contributed by atoms with Crippen molar-refractivity contribution in [3.8, 4) is 0 Å². The number of unbranched alkanes of at least 4 members (excludes halogenated alkanes) is 12. The largest absolute Gasteiger partial charge is 0.385 e. The van der Waals surface area contributed by atoms with Gasteiger partial charge in [-0.3, -0.25) is 0 Å². The number of rotatable bonds is 21. The van der Waals surface area contributed by atoms with Gasteiger partial charge in [0, 0.05) is 12.2 Å². The molecule has 0 bridgehead atoms. The standard InChI is InChI=1S/C27H45N.C4H11N.ClH/c1-3-4-5-6-7-8-9-10-11-12-13-14-15-16-17-19-22-26(2)28-25-27-23-20-18-21-24-27;1-3-5-4-2;/h10-11,18,20-21,23-24,28H,2-9,12-17,19,22,25H2,1H3;5H,3-4H2,1-2H3;1H/b11-10-;;. The van der Waals surface area contributed by atoms with Gasteiger partial charge in [-0.1, -0.05) is 128 Å². The van der Waals surface area contributed by atoms with E-state index in [1.807, 2.05) is 0 Å². The van der Waals surface area contributed by atoms with Crippen LogP contribution < -0.4 is 10.6 Å². The summed E-state index contributed by atoms with van der Waals surface area (Å²) >= 11 is 0. The van der Waals surface area contributed by atoms with Crippen LogP contribution in [0.1, 0.15) is 123 Å². The lowest BCUT2D eigenvalue weighted by molar-refractivity contribution is 0.586. The molecule has 0 spiro atoms. The molecule has 198 valence electrons. The fraction of sp³-hybridized carbons (Fsp3) is 0.677. The number of hydrogen-bond acceptors (Lipinski definition) is 2. The minimum absolute atomic E-state index is 0. The van der Waals surface area contributed by atoms with Crippen LogP contribution in [-0.4, -0.2) is 13.1 Å². The first-order chi connectivity index (χ1) is 16.2. The van der Waals surface area contributed by atoms with E-state index in [1.54, 1.807) is 0 Å². The number of nitrogens with one attached hydrogen (secondary N) is 2. The zero-order valence-corrected chi connectivity index (χ0v) is 23.7. The van der Waals surface area contributed by atoms with Gasteiger partial charge in [-0.2, -0.15) is 0 Å². The molecule has 0 heterocycles. The molecule has 34 heavy (non-hydrogen) atoms. The van der Waals surface area contributed by atoms with Crippen molar-refractivity contribution in [3.05, 3.63) is 60.3 Å². The van der Waals surface area contributed by atoms with Crippen LogP contribution in [0.3, 0.4) is 0 Å². The summed E-state index contributed by atoms with van der Waals surface area (Å²) < 4.78 is 0. The number of allylic oxidation sites excluding steroid dienone is 3. The summed E-state index contributed by atoms with van der Waals surface area (Å²) in [6.07, 6.45) is 25.0. The molecule has 3 heteroatoms. The first-order valence-electron chi connectivity index (χ1n) is 14.1. The van der Waals surface area contributed by atoms with Gasteiger partial charge in [-0.15, -0.1) is 12.4 Å². The summed E-state index contributed by atoms with van der Waals surface area (Å²) in [6, 6.07) is 10.6. The molecule has 0 aromatic heterocycles. The number of halogens is 1. The molecule has 1 aromatic rings. The monoisotopic (exact) mass is 492 g/mol. The Morgan fingerprint density at radius 1 is 0.706 bits per heavy atom. The maximum Gasteiger partial charge on any atom is 0.0397 e. The SMILES string of the molecule is C=C(CCCCCCCC/C=C\CCCCCCCC)NCc1ccccc1.CCNCC.Cl. The third-order valence-corrected chi connectivity index (χ3v) is 5.88. The maximum atomic E-state index is 4.16. The highest BCUT2D eigenvalue weighted by atomic mass is 35.5. The number of hydrogen-bond donors (Lipinski definition) is 2. The number of benzene rings is 1. The van der Waals surface area contributed by atoms with Gasteiger partial charge in [0.25, 0.3) is 0 Å². The molecule has 0 radical (unpaired) electrons. The molecular weight excluding hydrogens is 436 g/mol. The molecule has 0 atom stereocenters. The van der Waals surface area contributed by atoms with Gasteiger partial charge in [0.2, 0.25) is 0 Å². The van der Waals surface area contributed by atoms with Gasteiger partial charge in [-0.25, -0.2) is 0 Å². The Bertz CT molecular complexity index is 540. The lowest BCUT2D eigenvalue weighted by atomic mass is 10.1. The van der Waals surface area contributed by atoms with E-state index in [9.17, 15) is 0 Å². The Kier molecular flexibility index (Phi) is 30.6. The van der Waals surface area contributed by atoms with Gasteiger partial charge >= 0.3 is 0 Å². The fourth-order valence-electron chi connectivity index (χ4n) is 3.75. The Morgan fingerprint density at radius 2 is 1.21 bits per heavy atom. The van der Waals surface area contributed by atoms with E-state index in [2.05, 4.69) is 80.5 Å². The van der Waals surface area contributed by atoms with Crippen LogP contribution in [-0.2, 0) is 6.54 Å². The predicted molar refractivity (Wildman–Crippen MR) is 158 cm³/mol. The molecule has 0 unspecified atom stereocenters. The van der Waals surface area contributed by atoms with Crippen molar-refractivity contribution in [2.45, 2.75) is 124 Å². The first kappa shape index (κ1) is 34.9. The molecule has 1 aromatic carbocycles.